The number of nitrogens with zero attached hydrogens (tertiary/aromatic N) is 1. The molecule has 0 spiro atoms. The van der Waals surface area contributed by atoms with Gasteiger partial charge in [0.05, 0.1) is 30.1 Å². The summed E-state index contributed by atoms with van der Waals surface area (Å²) in [5.41, 5.74) is 1.59. The van der Waals surface area contributed by atoms with Crippen LogP contribution in [0.5, 0.6) is 5.75 Å². The average molecular weight is 531 g/mol. The van der Waals surface area contributed by atoms with Crippen molar-refractivity contribution in [2.75, 3.05) is 13.2 Å². The molecule has 0 saturated carbocycles. The molecule has 1 saturated heterocycles. The minimum absolute atomic E-state index is 0.126. The van der Waals surface area contributed by atoms with Gasteiger partial charge in [0.1, 0.15) is 17.7 Å². The molecule has 1 aromatic carbocycles. The highest BCUT2D eigenvalue weighted by Crippen LogP contribution is 2.46. The minimum Gasteiger partial charge on any atom is -0.593 e. The number of nitrogens with one attached hydrogen (secondary N) is 1. The van der Waals surface area contributed by atoms with Crippen molar-refractivity contribution < 1.29 is 36.3 Å². The molecule has 4 unspecified atom stereocenters. The molecule has 11 heteroatoms. The summed E-state index contributed by atoms with van der Waals surface area (Å²) in [5.74, 6) is -1.05. The maximum absolute atomic E-state index is 14.0. The van der Waals surface area contributed by atoms with E-state index < -0.39 is 23.9 Å². The van der Waals surface area contributed by atoms with Gasteiger partial charge >= 0.3 is 6.36 Å². The number of aliphatic hydroxyl groups is 1. The molecule has 0 radical (unpaired) electrons. The number of hydrogen-bond acceptors (Lipinski definition) is 5. The first-order chi connectivity index (χ1) is 17.2. The van der Waals surface area contributed by atoms with Crippen LogP contribution in [0.15, 0.2) is 76.6 Å². The zero-order chi connectivity index (χ0) is 25.9. The summed E-state index contributed by atoms with van der Waals surface area (Å²) in [5, 5.41) is 10.1. The van der Waals surface area contributed by atoms with Gasteiger partial charge in [-0.1, -0.05) is 12.2 Å². The number of likely N-dealkylation sites (tertiary alicyclic amines) is 1. The lowest BCUT2D eigenvalue weighted by Crippen LogP contribution is -2.41. The Morgan fingerprint density at radius 3 is 2.64 bits per heavy atom. The van der Waals surface area contributed by atoms with Crippen molar-refractivity contribution in [2.45, 2.75) is 55.2 Å². The van der Waals surface area contributed by atoms with Crippen LogP contribution in [-0.2, 0) is 11.4 Å². The van der Waals surface area contributed by atoms with E-state index in [9.17, 15) is 31.6 Å². The van der Waals surface area contributed by atoms with Crippen molar-refractivity contribution in [3.05, 3.63) is 71.7 Å². The van der Waals surface area contributed by atoms with Crippen LogP contribution in [0.1, 0.15) is 25.7 Å². The molecular weight excluding hydrogens is 503 g/mol. The highest BCUT2D eigenvalue weighted by molar-refractivity contribution is 7.89. The Balaban J connectivity index is 1.29. The zero-order valence-corrected chi connectivity index (χ0v) is 20.1. The fourth-order valence-corrected chi connectivity index (χ4v) is 5.72. The van der Waals surface area contributed by atoms with Crippen LogP contribution in [0.3, 0.4) is 0 Å². The second kappa shape index (κ2) is 11.4. The van der Waals surface area contributed by atoms with Gasteiger partial charge < -0.3 is 19.3 Å². The first-order valence-electron chi connectivity index (χ1n) is 11.7. The van der Waals surface area contributed by atoms with E-state index in [-0.39, 0.29) is 42.6 Å². The van der Waals surface area contributed by atoms with Crippen LogP contribution >= 0.6 is 0 Å². The third kappa shape index (κ3) is 6.31. The molecule has 196 valence electrons. The van der Waals surface area contributed by atoms with Crippen molar-refractivity contribution in [3.63, 3.8) is 0 Å². The van der Waals surface area contributed by atoms with Gasteiger partial charge in [-0.15, -0.1) is 17.9 Å². The van der Waals surface area contributed by atoms with E-state index >= 15 is 0 Å². The fourth-order valence-electron chi connectivity index (χ4n) is 4.84. The van der Waals surface area contributed by atoms with Gasteiger partial charge in [0.2, 0.25) is 0 Å². The molecule has 1 aliphatic heterocycles. The molecule has 0 aromatic heterocycles. The lowest BCUT2D eigenvalue weighted by atomic mass is 9.88. The average Bonchev–Trinajstić information content (AvgIpc) is 3.13. The highest BCUT2D eigenvalue weighted by Gasteiger charge is 2.44. The summed E-state index contributed by atoms with van der Waals surface area (Å²) < 4.78 is 83.8. The molecule has 1 heterocycles. The van der Waals surface area contributed by atoms with Gasteiger partial charge in [0.25, 0.3) is 0 Å². The number of alkyl halides is 4. The molecule has 36 heavy (non-hydrogen) atoms. The van der Waals surface area contributed by atoms with Gasteiger partial charge in [-0.05, 0) is 67.3 Å². The maximum Gasteiger partial charge on any atom is 0.573 e. The Morgan fingerprint density at radius 1 is 1.19 bits per heavy atom. The third-order valence-corrected chi connectivity index (χ3v) is 7.55. The number of allylic oxidation sites excluding steroid dienone is 5. The number of unbranched alkanes of at least 4 members (excludes halogenated alkanes) is 1. The SMILES string of the molecule is [O-][S+](NCCCC[C@H](CO)N1C2=CCC(F)C=C2C2C=C(F)C=CC21)c1ccc(OC(F)(F)F)cc1. The topological polar surface area (TPSA) is 67.8 Å². The second-order valence-corrected chi connectivity index (χ2v) is 10.1. The smallest absolute Gasteiger partial charge is 0.573 e. The van der Waals surface area contributed by atoms with Crippen LogP contribution < -0.4 is 9.46 Å². The summed E-state index contributed by atoms with van der Waals surface area (Å²) in [7, 11) is 0. The van der Waals surface area contributed by atoms with E-state index in [1.165, 1.54) is 24.3 Å². The van der Waals surface area contributed by atoms with Crippen LogP contribution in [0.2, 0.25) is 0 Å². The summed E-state index contributed by atoms with van der Waals surface area (Å²) in [6.07, 6.45) is 4.29. The second-order valence-electron chi connectivity index (χ2n) is 8.81. The fraction of sp³-hybridized carbons (Fsp3) is 0.440. The molecule has 1 aromatic rings. The lowest BCUT2D eigenvalue weighted by Gasteiger charge is -2.35. The lowest BCUT2D eigenvalue weighted by molar-refractivity contribution is -0.274. The standard InChI is InChI=1S/C25H27F5N2O3S/c26-16-4-10-23-21(13-16)22-14-17(27)5-11-24(22)32(23)18(15-33)3-1-2-12-31-36(34)20-8-6-19(7-9-20)35-25(28,29)30/h4,6-11,13-14,17-18,21,23,31,33H,1-3,5,12,15H2/t17?,18-,21?,23?,36?/m1/s1. The highest BCUT2D eigenvalue weighted by atomic mass is 32.2. The zero-order valence-electron chi connectivity index (χ0n) is 19.3. The Hall–Kier alpha value is -2.34. The van der Waals surface area contributed by atoms with Gasteiger partial charge in [0, 0.05) is 24.6 Å². The molecule has 5 atom stereocenters. The molecule has 2 aliphatic carbocycles. The summed E-state index contributed by atoms with van der Waals surface area (Å²) in [6.45, 7) is 0.265. The monoisotopic (exact) mass is 530 g/mol. The quantitative estimate of drug-likeness (QED) is 0.253. The summed E-state index contributed by atoms with van der Waals surface area (Å²) in [4.78, 5) is 2.37. The Morgan fingerprint density at radius 2 is 1.94 bits per heavy atom. The van der Waals surface area contributed by atoms with E-state index in [1.54, 1.807) is 12.2 Å². The van der Waals surface area contributed by atoms with Crippen LogP contribution in [0, 0.1) is 5.92 Å². The number of benzene rings is 1. The predicted octanol–water partition coefficient (Wildman–Crippen LogP) is 5.00. The number of fused-ring (bicyclic) bond motifs is 3. The van der Waals surface area contributed by atoms with Crippen molar-refractivity contribution in [3.8, 4) is 5.75 Å². The Bertz CT molecular complexity index is 1040. The van der Waals surface area contributed by atoms with Crippen LogP contribution in [0.25, 0.3) is 0 Å². The summed E-state index contributed by atoms with van der Waals surface area (Å²) >= 11 is -1.60. The molecule has 5 nitrogen and oxygen atoms in total. The molecule has 0 amide bonds. The van der Waals surface area contributed by atoms with Crippen molar-refractivity contribution >= 4 is 11.4 Å². The van der Waals surface area contributed by atoms with E-state index in [0.29, 0.717) is 30.7 Å². The Labute approximate surface area is 209 Å². The van der Waals surface area contributed by atoms with E-state index in [0.717, 1.165) is 23.4 Å². The van der Waals surface area contributed by atoms with Crippen LogP contribution in [-0.4, -0.2) is 52.3 Å². The third-order valence-electron chi connectivity index (χ3n) is 6.38. The van der Waals surface area contributed by atoms with Gasteiger partial charge in [-0.25, -0.2) is 8.78 Å². The number of halogens is 5. The molecule has 3 aliphatic rings. The number of hydrogen-bond donors (Lipinski definition) is 2. The molecule has 4 rings (SSSR count). The predicted molar refractivity (Wildman–Crippen MR) is 125 cm³/mol. The molecule has 0 bridgehead atoms. The van der Waals surface area contributed by atoms with Gasteiger partial charge in [-0.2, -0.15) is 0 Å². The van der Waals surface area contributed by atoms with Crippen molar-refractivity contribution in [2.24, 2.45) is 5.92 Å². The van der Waals surface area contributed by atoms with Crippen molar-refractivity contribution in [1.82, 2.24) is 9.62 Å². The van der Waals surface area contributed by atoms with E-state index in [1.807, 2.05) is 6.08 Å². The van der Waals surface area contributed by atoms with Crippen LogP contribution in [0.4, 0.5) is 22.0 Å². The number of aliphatic hydroxyl groups excluding tert-OH is 1. The summed E-state index contributed by atoms with van der Waals surface area (Å²) in [6, 6.07) is 4.36. The minimum atomic E-state index is -4.79. The number of rotatable bonds is 10. The maximum atomic E-state index is 14.0. The van der Waals surface area contributed by atoms with E-state index in [2.05, 4.69) is 14.4 Å². The normalized spacial score (nSPS) is 24.9. The molecular formula is C25H27F5N2O3S. The number of ether oxygens (including phenoxy) is 1. The molecule has 2 N–H and O–H groups in total. The largest absolute Gasteiger partial charge is 0.593 e. The first kappa shape index (κ1) is 26.7. The Kier molecular flexibility index (Phi) is 8.44. The molecule has 1 fully saturated rings. The van der Waals surface area contributed by atoms with Crippen molar-refractivity contribution in [1.29, 1.82) is 0 Å². The van der Waals surface area contributed by atoms with E-state index in [4.69, 9.17) is 0 Å². The van der Waals surface area contributed by atoms with Gasteiger partial charge in [-0.3, -0.25) is 0 Å². The first-order valence-corrected chi connectivity index (χ1v) is 12.8. The van der Waals surface area contributed by atoms with Gasteiger partial charge in [0.15, 0.2) is 4.90 Å².